The summed E-state index contributed by atoms with van der Waals surface area (Å²) in [7, 11) is 1.63. The first-order chi connectivity index (χ1) is 17.4. The van der Waals surface area contributed by atoms with E-state index in [2.05, 4.69) is 11.4 Å². The summed E-state index contributed by atoms with van der Waals surface area (Å²) in [5.74, 6) is 0.399. The summed E-state index contributed by atoms with van der Waals surface area (Å²) in [6.45, 7) is 3.81. The number of nitrogens with two attached hydrogens (primary N) is 1. The molecular formula is C28H22N4O2S2. The highest BCUT2D eigenvalue weighted by atomic mass is 32.1. The summed E-state index contributed by atoms with van der Waals surface area (Å²) in [4.78, 5) is 20.2. The second kappa shape index (κ2) is 9.46. The van der Waals surface area contributed by atoms with Crippen LogP contribution in [0.4, 0.5) is 10.7 Å². The van der Waals surface area contributed by atoms with E-state index in [1.54, 1.807) is 7.11 Å². The van der Waals surface area contributed by atoms with Gasteiger partial charge < -0.3 is 15.8 Å². The fourth-order valence-corrected chi connectivity index (χ4v) is 6.08. The Kier molecular flexibility index (Phi) is 6.18. The molecule has 0 unspecified atom stereocenters. The molecule has 3 heterocycles. The molecule has 36 heavy (non-hydrogen) atoms. The van der Waals surface area contributed by atoms with Crippen LogP contribution in [-0.2, 0) is 0 Å². The molecule has 8 heteroatoms. The maximum Gasteiger partial charge on any atom is 0.268 e. The molecule has 0 aliphatic heterocycles. The Labute approximate surface area is 216 Å². The van der Waals surface area contributed by atoms with Crippen molar-refractivity contribution in [3.63, 3.8) is 0 Å². The summed E-state index contributed by atoms with van der Waals surface area (Å²) in [6.07, 6.45) is 0. The molecule has 0 bridgehead atoms. The van der Waals surface area contributed by atoms with Crippen molar-refractivity contribution in [3.8, 4) is 34.2 Å². The maximum absolute atomic E-state index is 13.4. The molecule has 3 N–H and O–H groups in total. The van der Waals surface area contributed by atoms with E-state index in [-0.39, 0.29) is 5.91 Å². The lowest BCUT2D eigenvalue weighted by molar-refractivity contribution is 0.103. The summed E-state index contributed by atoms with van der Waals surface area (Å²) < 4.78 is 5.32. The van der Waals surface area contributed by atoms with Gasteiger partial charge in [-0.25, -0.2) is 4.98 Å². The first kappa shape index (κ1) is 23.5. The number of anilines is 2. The van der Waals surface area contributed by atoms with E-state index >= 15 is 0 Å². The molecule has 6 nitrogen and oxygen atoms in total. The number of nitrogens with zero attached hydrogens (tertiary/aromatic N) is 2. The van der Waals surface area contributed by atoms with E-state index in [0.717, 1.165) is 44.0 Å². The van der Waals surface area contributed by atoms with Crippen molar-refractivity contribution in [3.05, 3.63) is 81.5 Å². The van der Waals surface area contributed by atoms with E-state index in [1.807, 2.05) is 74.5 Å². The van der Waals surface area contributed by atoms with Gasteiger partial charge in [0.15, 0.2) is 0 Å². The van der Waals surface area contributed by atoms with E-state index < -0.39 is 0 Å². The molecule has 0 aliphatic carbocycles. The van der Waals surface area contributed by atoms with E-state index in [9.17, 15) is 10.1 Å². The maximum atomic E-state index is 13.4. The predicted octanol–water partition coefficient (Wildman–Crippen LogP) is 7.02. The summed E-state index contributed by atoms with van der Waals surface area (Å²) in [6, 6.07) is 21.8. The van der Waals surface area contributed by atoms with Crippen LogP contribution >= 0.6 is 22.7 Å². The van der Waals surface area contributed by atoms with E-state index in [0.29, 0.717) is 26.0 Å². The van der Waals surface area contributed by atoms with Crippen molar-refractivity contribution in [1.29, 1.82) is 5.26 Å². The van der Waals surface area contributed by atoms with Gasteiger partial charge in [-0.3, -0.25) is 4.79 Å². The molecule has 0 atom stereocenters. The molecule has 0 spiro atoms. The zero-order valence-electron chi connectivity index (χ0n) is 19.9. The van der Waals surface area contributed by atoms with E-state index in [1.165, 1.54) is 22.7 Å². The minimum absolute atomic E-state index is 0.352. The molecule has 1 amide bonds. The first-order valence-corrected chi connectivity index (χ1v) is 12.8. The van der Waals surface area contributed by atoms with Crippen LogP contribution in [0, 0.1) is 25.2 Å². The Morgan fingerprint density at radius 2 is 1.78 bits per heavy atom. The zero-order chi connectivity index (χ0) is 25.4. The first-order valence-electron chi connectivity index (χ1n) is 11.2. The summed E-state index contributed by atoms with van der Waals surface area (Å²) in [5, 5.41) is 13.7. The smallest absolute Gasteiger partial charge is 0.268 e. The molecule has 3 aromatic heterocycles. The van der Waals surface area contributed by atoms with Gasteiger partial charge in [-0.05, 0) is 48.7 Å². The highest BCUT2D eigenvalue weighted by Crippen LogP contribution is 2.42. The number of hydrogen-bond acceptors (Lipinski definition) is 7. The van der Waals surface area contributed by atoms with Crippen LogP contribution < -0.4 is 15.8 Å². The fraction of sp³-hybridized carbons (Fsp3) is 0.107. The molecule has 0 saturated heterocycles. The number of thiophene rings is 2. The van der Waals surface area contributed by atoms with Gasteiger partial charge >= 0.3 is 0 Å². The van der Waals surface area contributed by atoms with Crippen LogP contribution in [0.5, 0.6) is 5.75 Å². The highest BCUT2D eigenvalue weighted by molar-refractivity contribution is 7.21. The second-order valence-electron chi connectivity index (χ2n) is 8.23. The topological polar surface area (TPSA) is 101 Å². The molecule has 0 saturated carbocycles. The minimum atomic E-state index is -0.352. The molecular weight excluding hydrogens is 488 g/mol. The van der Waals surface area contributed by atoms with Crippen LogP contribution in [0.3, 0.4) is 0 Å². The Hall–Kier alpha value is -4.19. The second-order valence-corrected chi connectivity index (χ2v) is 10.5. The quantitative estimate of drug-likeness (QED) is 0.264. The molecule has 5 rings (SSSR count). The fourth-order valence-electron chi connectivity index (χ4n) is 4.05. The zero-order valence-corrected chi connectivity index (χ0v) is 21.5. The average Bonchev–Trinajstić information content (AvgIpc) is 3.38. The van der Waals surface area contributed by atoms with Crippen molar-refractivity contribution in [1.82, 2.24) is 4.98 Å². The molecule has 5 aromatic rings. The standard InChI is InChI=1S/C28H22N4O2S2/c1-15-16(2)35-27(21(15)14-29)32-26(33)25-24(30)23-20(17-9-11-19(34-3)12-10-17)13-22(31-28(23)36-25)18-7-5-4-6-8-18/h4-13H,30H2,1-3H3,(H,32,33). The molecule has 0 fully saturated rings. The van der Waals surface area contributed by atoms with Gasteiger partial charge in [0.25, 0.3) is 5.91 Å². The SMILES string of the molecule is COc1ccc(-c2cc(-c3ccccc3)nc3sc(C(=O)Nc4sc(C)c(C)c4C#N)c(N)c23)cc1. The number of amides is 1. The van der Waals surface area contributed by atoms with Gasteiger partial charge in [0.05, 0.1) is 24.1 Å². The van der Waals surface area contributed by atoms with Crippen molar-refractivity contribution in [2.24, 2.45) is 0 Å². The third-order valence-corrected chi connectivity index (χ3v) is 8.32. The third-order valence-electron chi connectivity index (χ3n) is 6.10. The summed E-state index contributed by atoms with van der Waals surface area (Å²) in [5.41, 5.74) is 11.9. The third kappa shape index (κ3) is 4.09. The molecule has 178 valence electrons. The van der Waals surface area contributed by atoms with Gasteiger partial charge in [0.2, 0.25) is 0 Å². The number of ether oxygens (including phenoxy) is 1. The van der Waals surface area contributed by atoms with Gasteiger partial charge in [0.1, 0.15) is 26.5 Å². The Morgan fingerprint density at radius 1 is 1.06 bits per heavy atom. The van der Waals surface area contributed by atoms with Crippen LogP contribution in [-0.4, -0.2) is 18.0 Å². The molecule has 2 aromatic carbocycles. The number of methoxy groups -OCH3 is 1. The lowest BCUT2D eigenvalue weighted by atomic mass is 9.99. The largest absolute Gasteiger partial charge is 0.497 e. The monoisotopic (exact) mass is 510 g/mol. The molecule has 0 aliphatic rings. The van der Waals surface area contributed by atoms with Crippen LogP contribution in [0.1, 0.15) is 25.7 Å². The number of nitriles is 1. The number of rotatable bonds is 5. The lowest BCUT2D eigenvalue weighted by Crippen LogP contribution is -2.11. The Bertz CT molecular complexity index is 1650. The van der Waals surface area contributed by atoms with Gasteiger partial charge in [-0.2, -0.15) is 5.26 Å². The number of nitrogens with one attached hydrogen (secondary N) is 1. The minimum Gasteiger partial charge on any atom is -0.497 e. The van der Waals surface area contributed by atoms with Gasteiger partial charge in [0, 0.05) is 15.8 Å². The number of benzene rings is 2. The van der Waals surface area contributed by atoms with E-state index in [4.69, 9.17) is 15.5 Å². The Morgan fingerprint density at radius 3 is 2.44 bits per heavy atom. The molecule has 0 radical (unpaired) electrons. The normalized spacial score (nSPS) is 10.8. The number of pyridine rings is 1. The number of carbonyl (C=O) groups is 1. The van der Waals surface area contributed by atoms with Gasteiger partial charge in [-0.1, -0.05) is 42.5 Å². The number of carbonyl (C=O) groups excluding carboxylic acids is 1. The van der Waals surface area contributed by atoms with Gasteiger partial charge in [-0.15, -0.1) is 22.7 Å². The number of hydrogen-bond donors (Lipinski definition) is 2. The van der Waals surface area contributed by atoms with Crippen molar-refractivity contribution >= 4 is 49.5 Å². The van der Waals surface area contributed by atoms with Crippen molar-refractivity contribution < 1.29 is 9.53 Å². The number of nitrogen functional groups attached to an aromatic ring is 1. The lowest BCUT2D eigenvalue weighted by Gasteiger charge is -2.10. The van der Waals surface area contributed by atoms with Crippen molar-refractivity contribution in [2.45, 2.75) is 13.8 Å². The number of fused-ring (bicyclic) bond motifs is 1. The number of aromatic nitrogens is 1. The Balaban J connectivity index is 1.66. The summed E-state index contributed by atoms with van der Waals surface area (Å²) >= 11 is 2.64. The van der Waals surface area contributed by atoms with Crippen LogP contribution in [0.15, 0.2) is 60.7 Å². The van der Waals surface area contributed by atoms with Crippen LogP contribution in [0.2, 0.25) is 0 Å². The van der Waals surface area contributed by atoms with Crippen LogP contribution in [0.25, 0.3) is 32.6 Å². The average molecular weight is 511 g/mol. The predicted molar refractivity (Wildman–Crippen MR) is 148 cm³/mol. The van der Waals surface area contributed by atoms with Crippen molar-refractivity contribution in [2.75, 3.05) is 18.2 Å². The highest BCUT2D eigenvalue weighted by Gasteiger charge is 2.23. The number of aryl methyl sites for hydroxylation is 1.